The molecule has 0 aliphatic carbocycles. The third kappa shape index (κ3) is 4.88. The minimum absolute atomic E-state index is 0.0244. The Balaban J connectivity index is 1.24. The Bertz CT molecular complexity index is 927. The van der Waals surface area contributed by atoms with E-state index in [1.807, 2.05) is 35.2 Å². The molecule has 1 aromatic heterocycles. The van der Waals surface area contributed by atoms with Gasteiger partial charge in [0.15, 0.2) is 6.61 Å². The highest BCUT2D eigenvalue weighted by atomic mass is 32.1. The molecule has 4 rings (SSSR count). The van der Waals surface area contributed by atoms with Crippen LogP contribution in [0.3, 0.4) is 0 Å². The second-order valence-electron chi connectivity index (χ2n) is 7.66. The number of aromatic nitrogens is 1. The van der Waals surface area contributed by atoms with Gasteiger partial charge in [-0.1, -0.05) is 49.4 Å². The van der Waals surface area contributed by atoms with Gasteiger partial charge in [0, 0.05) is 25.9 Å². The summed E-state index contributed by atoms with van der Waals surface area (Å²) in [5.41, 5.74) is 2.23. The number of piperidine rings is 1. The fraction of sp³-hybridized carbons (Fsp3) is 0.391. The maximum Gasteiger partial charge on any atom is 0.274 e. The van der Waals surface area contributed by atoms with Crippen molar-refractivity contribution in [3.63, 3.8) is 0 Å². The molecule has 6 heteroatoms. The summed E-state index contributed by atoms with van der Waals surface area (Å²) in [7, 11) is 0. The van der Waals surface area contributed by atoms with Gasteiger partial charge in [-0.05, 0) is 35.7 Å². The lowest BCUT2D eigenvalue weighted by atomic mass is 10.0. The number of para-hydroxylation sites is 1. The van der Waals surface area contributed by atoms with Crippen LogP contribution in [-0.4, -0.2) is 41.6 Å². The summed E-state index contributed by atoms with van der Waals surface area (Å²) in [5, 5.41) is 0.712. The normalized spacial score (nSPS) is 15.1. The van der Waals surface area contributed by atoms with Crippen LogP contribution in [0.1, 0.15) is 38.2 Å². The number of nitrogens with zero attached hydrogens (tertiary/aromatic N) is 2. The summed E-state index contributed by atoms with van der Waals surface area (Å²) in [4.78, 5) is 18.9. The predicted molar refractivity (Wildman–Crippen MR) is 116 cm³/mol. The average Bonchev–Trinajstić information content (AvgIpc) is 3.15. The largest absolute Gasteiger partial charge is 0.484 e. The molecular formula is C23H26N2O3S. The van der Waals surface area contributed by atoms with Crippen LogP contribution in [0.2, 0.25) is 0 Å². The monoisotopic (exact) mass is 410 g/mol. The maximum absolute atomic E-state index is 12.5. The molecule has 29 heavy (non-hydrogen) atoms. The summed E-state index contributed by atoms with van der Waals surface area (Å²) in [5.74, 6) is 1.24. The van der Waals surface area contributed by atoms with Gasteiger partial charge in [0.05, 0.1) is 10.2 Å². The van der Waals surface area contributed by atoms with E-state index >= 15 is 0 Å². The number of carbonyl (C=O) groups excluding carboxylic acids is 1. The Morgan fingerprint density at radius 1 is 1.14 bits per heavy atom. The van der Waals surface area contributed by atoms with Crippen molar-refractivity contribution in [2.75, 3.05) is 19.7 Å². The molecule has 0 saturated carbocycles. The molecule has 152 valence electrons. The van der Waals surface area contributed by atoms with E-state index in [1.54, 1.807) is 11.3 Å². The molecule has 1 aliphatic heterocycles. The fourth-order valence-electron chi connectivity index (χ4n) is 3.45. The molecule has 1 fully saturated rings. The first-order valence-electron chi connectivity index (χ1n) is 10.1. The summed E-state index contributed by atoms with van der Waals surface area (Å²) in [6.07, 6.45) is 1.72. The molecule has 5 nitrogen and oxygen atoms in total. The van der Waals surface area contributed by atoms with Crippen LogP contribution >= 0.6 is 11.3 Å². The molecule has 3 aromatic rings. The van der Waals surface area contributed by atoms with Gasteiger partial charge in [0.2, 0.25) is 0 Å². The highest BCUT2D eigenvalue weighted by Gasteiger charge is 2.25. The lowest BCUT2D eigenvalue weighted by Crippen LogP contribution is -2.43. The van der Waals surface area contributed by atoms with E-state index in [2.05, 4.69) is 37.0 Å². The van der Waals surface area contributed by atoms with Crippen molar-refractivity contribution in [2.45, 2.75) is 38.7 Å². The maximum atomic E-state index is 12.5. The third-order valence-electron chi connectivity index (χ3n) is 5.25. The van der Waals surface area contributed by atoms with E-state index < -0.39 is 0 Å². The minimum Gasteiger partial charge on any atom is -0.484 e. The number of carbonyl (C=O) groups is 1. The molecular weight excluding hydrogens is 384 g/mol. The zero-order chi connectivity index (χ0) is 20.2. The zero-order valence-corrected chi connectivity index (χ0v) is 17.7. The molecule has 1 amide bonds. The van der Waals surface area contributed by atoms with Crippen LogP contribution in [0.15, 0.2) is 48.5 Å². The van der Waals surface area contributed by atoms with E-state index in [4.69, 9.17) is 9.47 Å². The number of hydrogen-bond donors (Lipinski definition) is 0. The van der Waals surface area contributed by atoms with Crippen LogP contribution < -0.4 is 9.47 Å². The lowest BCUT2D eigenvalue weighted by Gasteiger charge is -2.31. The summed E-state index contributed by atoms with van der Waals surface area (Å²) >= 11 is 1.57. The first-order valence-corrected chi connectivity index (χ1v) is 10.9. The van der Waals surface area contributed by atoms with Crippen LogP contribution in [-0.2, 0) is 4.79 Å². The molecule has 0 spiro atoms. The summed E-state index contributed by atoms with van der Waals surface area (Å²) < 4.78 is 12.9. The average molecular weight is 411 g/mol. The predicted octanol–water partition coefficient (Wildman–Crippen LogP) is 4.87. The van der Waals surface area contributed by atoms with Crippen molar-refractivity contribution in [3.05, 3.63) is 54.1 Å². The molecule has 2 heterocycles. The lowest BCUT2D eigenvalue weighted by molar-refractivity contribution is -0.135. The highest BCUT2D eigenvalue weighted by Crippen LogP contribution is 2.29. The van der Waals surface area contributed by atoms with E-state index in [1.165, 1.54) is 5.56 Å². The van der Waals surface area contributed by atoms with Crippen molar-refractivity contribution >= 4 is 27.5 Å². The van der Waals surface area contributed by atoms with Crippen LogP contribution in [0.5, 0.6) is 10.9 Å². The first kappa shape index (κ1) is 19.7. The quantitative estimate of drug-likeness (QED) is 0.582. The van der Waals surface area contributed by atoms with Crippen molar-refractivity contribution in [3.8, 4) is 10.9 Å². The van der Waals surface area contributed by atoms with E-state index in [-0.39, 0.29) is 18.6 Å². The molecule has 0 N–H and O–H groups in total. The topological polar surface area (TPSA) is 51.7 Å². The Hall–Kier alpha value is -2.60. The molecule has 0 bridgehead atoms. The number of ether oxygens (including phenoxy) is 2. The first-order chi connectivity index (χ1) is 14.1. The number of thiazole rings is 1. The number of fused-ring (bicyclic) bond motifs is 1. The summed E-state index contributed by atoms with van der Waals surface area (Å²) in [6.45, 7) is 5.76. The Morgan fingerprint density at radius 3 is 2.55 bits per heavy atom. The smallest absolute Gasteiger partial charge is 0.274 e. The van der Waals surface area contributed by atoms with Crippen LogP contribution in [0, 0.1) is 0 Å². The second kappa shape index (κ2) is 8.82. The standard InChI is InChI=1S/C23H26N2O3S/c1-16(2)17-7-9-18(10-8-17)27-15-22(26)25-13-11-19(12-14-25)28-23-24-20-5-3-4-6-21(20)29-23/h3-10,16,19H,11-15H2,1-2H3. The van der Waals surface area contributed by atoms with Crippen LogP contribution in [0.4, 0.5) is 0 Å². The number of rotatable bonds is 6. The number of amides is 1. The minimum atomic E-state index is 0.0244. The summed E-state index contributed by atoms with van der Waals surface area (Å²) in [6, 6.07) is 16.0. The van der Waals surface area contributed by atoms with Crippen molar-refractivity contribution in [1.29, 1.82) is 0 Å². The Kier molecular flexibility index (Phi) is 6.00. The molecule has 0 radical (unpaired) electrons. The molecule has 1 saturated heterocycles. The molecule has 0 atom stereocenters. The zero-order valence-electron chi connectivity index (χ0n) is 16.8. The number of benzene rings is 2. The van der Waals surface area contributed by atoms with Gasteiger partial charge >= 0.3 is 0 Å². The van der Waals surface area contributed by atoms with E-state index in [0.29, 0.717) is 24.2 Å². The van der Waals surface area contributed by atoms with Gasteiger partial charge in [-0.15, -0.1) is 0 Å². The van der Waals surface area contributed by atoms with Gasteiger partial charge in [-0.25, -0.2) is 4.98 Å². The number of likely N-dealkylation sites (tertiary alicyclic amines) is 1. The molecule has 1 aliphatic rings. The van der Waals surface area contributed by atoms with E-state index in [9.17, 15) is 4.79 Å². The van der Waals surface area contributed by atoms with Crippen molar-refractivity contribution in [2.24, 2.45) is 0 Å². The fourth-order valence-corrected chi connectivity index (χ4v) is 4.33. The van der Waals surface area contributed by atoms with Gasteiger partial charge in [-0.2, -0.15) is 0 Å². The van der Waals surface area contributed by atoms with Gasteiger partial charge < -0.3 is 14.4 Å². The Labute approximate surface area is 175 Å². The van der Waals surface area contributed by atoms with Crippen molar-refractivity contribution < 1.29 is 14.3 Å². The highest BCUT2D eigenvalue weighted by molar-refractivity contribution is 7.20. The van der Waals surface area contributed by atoms with Crippen molar-refractivity contribution in [1.82, 2.24) is 9.88 Å². The Morgan fingerprint density at radius 2 is 1.86 bits per heavy atom. The van der Waals surface area contributed by atoms with Crippen LogP contribution in [0.25, 0.3) is 10.2 Å². The molecule has 2 aromatic carbocycles. The van der Waals surface area contributed by atoms with Gasteiger partial charge in [-0.3, -0.25) is 4.79 Å². The van der Waals surface area contributed by atoms with Gasteiger partial charge in [0.1, 0.15) is 11.9 Å². The van der Waals surface area contributed by atoms with Gasteiger partial charge in [0.25, 0.3) is 11.1 Å². The molecule has 0 unspecified atom stereocenters. The second-order valence-corrected chi connectivity index (χ2v) is 8.65. The van der Waals surface area contributed by atoms with E-state index in [0.717, 1.165) is 28.8 Å². The number of hydrogen-bond acceptors (Lipinski definition) is 5. The SMILES string of the molecule is CC(C)c1ccc(OCC(=O)N2CCC(Oc3nc4ccccc4s3)CC2)cc1. The third-order valence-corrected chi connectivity index (χ3v) is 6.17.